The predicted octanol–water partition coefficient (Wildman–Crippen LogP) is 0.715. The molecule has 1 fully saturated rings. The minimum atomic E-state index is -1.06. The zero-order valence-electron chi connectivity index (χ0n) is 10.6. The molecule has 1 aromatic rings. The van der Waals surface area contributed by atoms with Crippen LogP contribution in [0.25, 0.3) is 0 Å². The van der Waals surface area contributed by atoms with Crippen LogP contribution in [-0.2, 0) is 4.74 Å². The third-order valence-corrected chi connectivity index (χ3v) is 3.08. The van der Waals surface area contributed by atoms with Gasteiger partial charge in [-0.05, 0) is 12.1 Å². The summed E-state index contributed by atoms with van der Waals surface area (Å²) in [7, 11) is 1.42. The number of hydrogen-bond acceptors (Lipinski definition) is 4. The van der Waals surface area contributed by atoms with E-state index in [0.717, 1.165) is 6.07 Å². The van der Waals surface area contributed by atoms with Crippen molar-refractivity contribution in [2.24, 2.45) is 0 Å². The number of halogens is 1. The van der Waals surface area contributed by atoms with Gasteiger partial charge in [-0.1, -0.05) is 0 Å². The maximum Gasteiger partial charge on any atom is 0.254 e. The standard InChI is InChI=1S/C13H16FNO4/c1-18-9-2-3-10(11(14)6-9)12(16)15-7-13(17)4-5-19-8-13/h2-3,6,17H,4-5,7-8H2,1H3,(H,15,16). The summed E-state index contributed by atoms with van der Waals surface area (Å²) < 4.78 is 23.6. The molecule has 1 aromatic carbocycles. The summed E-state index contributed by atoms with van der Waals surface area (Å²) in [5.74, 6) is -0.885. The Morgan fingerprint density at radius 3 is 3.00 bits per heavy atom. The molecule has 2 rings (SSSR count). The van der Waals surface area contributed by atoms with E-state index in [-0.39, 0.29) is 18.7 Å². The molecule has 1 atom stereocenters. The first kappa shape index (κ1) is 13.8. The molecule has 104 valence electrons. The lowest BCUT2D eigenvalue weighted by Crippen LogP contribution is -2.43. The van der Waals surface area contributed by atoms with Crippen molar-refractivity contribution in [2.75, 3.05) is 26.9 Å². The molecule has 2 N–H and O–H groups in total. The van der Waals surface area contributed by atoms with Crippen molar-refractivity contribution in [3.63, 3.8) is 0 Å². The second kappa shape index (κ2) is 5.54. The molecule has 1 aliphatic heterocycles. The van der Waals surface area contributed by atoms with Crippen LogP contribution in [0.1, 0.15) is 16.8 Å². The smallest absolute Gasteiger partial charge is 0.254 e. The number of nitrogens with one attached hydrogen (secondary N) is 1. The van der Waals surface area contributed by atoms with Gasteiger partial charge in [0.25, 0.3) is 5.91 Å². The van der Waals surface area contributed by atoms with E-state index < -0.39 is 17.3 Å². The van der Waals surface area contributed by atoms with Crippen LogP contribution in [0.4, 0.5) is 4.39 Å². The lowest BCUT2D eigenvalue weighted by molar-refractivity contribution is 0.0264. The molecule has 19 heavy (non-hydrogen) atoms. The quantitative estimate of drug-likeness (QED) is 0.845. The van der Waals surface area contributed by atoms with Gasteiger partial charge >= 0.3 is 0 Å². The van der Waals surface area contributed by atoms with E-state index in [2.05, 4.69) is 5.32 Å². The SMILES string of the molecule is COc1ccc(C(=O)NCC2(O)CCOC2)c(F)c1. The van der Waals surface area contributed by atoms with Gasteiger partial charge in [-0.2, -0.15) is 0 Å². The van der Waals surface area contributed by atoms with Gasteiger partial charge in [-0.3, -0.25) is 4.79 Å². The third-order valence-electron chi connectivity index (χ3n) is 3.08. The largest absolute Gasteiger partial charge is 0.497 e. The highest BCUT2D eigenvalue weighted by Gasteiger charge is 2.32. The summed E-state index contributed by atoms with van der Waals surface area (Å²) in [6.45, 7) is 0.680. The maximum atomic E-state index is 13.7. The summed E-state index contributed by atoms with van der Waals surface area (Å²) in [5.41, 5.74) is -1.14. The number of benzene rings is 1. The average molecular weight is 269 g/mol. The van der Waals surface area contributed by atoms with Crippen LogP contribution in [0, 0.1) is 5.82 Å². The molecule has 1 heterocycles. The molecule has 5 nitrogen and oxygen atoms in total. The van der Waals surface area contributed by atoms with Crippen LogP contribution in [-0.4, -0.2) is 43.5 Å². The Kier molecular flexibility index (Phi) is 4.01. The van der Waals surface area contributed by atoms with Crippen molar-refractivity contribution in [3.05, 3.63) is 29.6 Å². The Labute approximate surface area is 110 Å². The fraction of sp³-hybridized carbons (Fsp3) is 0.462. The highest BCUT2D eigenvalue weighted by molar-refractivity contribution is 5.94. The second-order valence-electron chi connectivity index (χ2n) is 4.56. The van der Waals surface area contributed by atoms with E-state index in [4.69, 9.17) is 9.47 Å². The molecular weight excluding hydrogens is 253 g/mol. The Balaban J connectivity index is 2.00. The van der Waals surface area contributed by atoms with E-state index in [1.54, 1.807) is 0 Å². The summed E-state index contributed by atoms with van der Waals surface area (Å²) in [6, 6.07) is 3.99. The Bertz CT molecular complexity index is 472. The third kappa shape index (κ3) is 3.21. The van der Waals surface area contributed by atoms with Crippen molar-refractivity contribution in [3.8, 4) is 5.75 Å². The number of ether oxygens (including phenoxy) is 2. The molecule has 1 saturated heterocycles. The molecule has 1 aliphatic rings. The minimum absolute atomic E-state index is 0.0390. The Morgan fingerprint density at radius 1 is 1.63 bits per heavy atom. The molecular formula is C13H16FNO4. The molecule has 1 amide bonds. The van der Waals surface area contributed by atoms with Gasteiger partial charge in [0, 0.05) is 25.6 Å². The minimum Gasteiger partial charge on any atom is -0.497 e. The number of aliphatic hydroxyl groups is 1. The summed E-state index contributed by atoms with van der Waals surface area (Å²) in [6.07, 6.45) is 0.457. The number of methoxy groups -OCH3 is 1. The number of rotatable bonds is 4. The summed E-state index contributed by atoms with van der Waals surface area (Å²) >= 11 is 0. The molecule has 0 aliphatic carbocycles. The van der Waals surface area contributed by atoms with Gasteiger partial charge in [0.05, 0.1) is 19.3 Å². The summed E-state index contributed by atoms with van der Waals surface area (Å²) in [4.78, 5) is 11.8. The highest BCUT2D eigenvalue weighted by Crippen LogP contribution is 2.18. The first-order chi connectivity index (χ1) is 9.04. The molecule has 6 heteroatoms. The fourth-order valence-electron chi connectivity index (χ4n) is 1.88. The first-order valence-electron chi connectivity index (χ1n) is 5.96. The van der Waals surface area contributed by atoms with Crippen LogP contribution in [0.3, 0.4) is 0 Å². The van der Waals surface area contributed by atoms with Crippen LogP contribution < -0.4 is 10.1 Å². The highest BCUT2D eigenvalue weighted by atomic mass is 19.1. The normalized spacial score (nSPS) is 22.3. The van der Waals surface area contributed by atoms with E-state index >= 15 is 0 Å². The van der Waals surface area contributed by atoms with Crippen LogP contribution in [0.5, 0.6) is 5.75 Å². The molecule has 0 bridgehead atoms. The van der Waals surface area contributed by atoms with Gasteiger partial charge in [0.15, 0.2) is 0 Å². The zero-order valence-corrected chi connectivity index (χ0v) is 10.6. The molecule has 0 radical (unpaired) electrons. The van der Waals surface area contributed by atoms with Gasteiger partial charge in [0.2, 0.25) is 0 Å². The first-order valence-corrected chi connectivity index (χ1v) is 5.96. The van der Waals surface area contributed by atoms with Crippen molar-refractivity contribution in [1.82, 2.24) is 5.32 Å². The molecule has 1 unspecified atom stereocenters. The van der Waals surface area contributed by atoms with Crippen LogP contribution in [0.15, 0.2) is 18.2 Å². The van der Waals surface area contributed by atoms with Crippen LogP contribution in [0.2, 0.25) is 0 Å². The van der Waals surface area contributed by atoms with Gasteiger partial charge < -0.3 is 19.9 Å². The summed E-state index contributed by atoms with van der Waals surface area (Å²) in [5, 5.41) is 12.5. The van der Waals surface area contributed by atoms with Crippen molar-refractivity contribution in [2.45, 2.75) is 12.0 Å². The van der Waals surface area contributed by atoms with E-state index in [0.29, 0.717) is 18.8 Å². The monoisotopic (exact) mass is 269 g/mol. The van der Waals surface area contributed by atoms with Gasteiger partial charge in [-0.25, -0.2) is 4.39 Å². The Hall–Kier alpha value is -1.66. The van der Waals surface area contributed by atoms with Crippen molar-refractivity contribution < 1.29 is 23.8 Å². The van der Waals surface area contributed by atoms with Gasteiger partial charge in [-0.15, -0.1) is 0 Å². The topological polar surface area (TPSA) is 67.8 Å². The number of amides is 1. The average Bonchev–Trinajstić information content (AvgIpc) is 2.83. The second-order valence-corrected chi connectivity index (χ2v) is 4.56. The Morgan fingerprint density at radius 2 is 2.42 bits per heavy atom. The van der Waals surface area contributed by atoms with E-state index in [1.807, 2.05) is 0 Å². The van der Waals surface area contributed by atoms with Crippen molar-refractivity contribution in [1.29, 1.82) is 0 Å². The lowest BCUT2D eigenvalue weighted by Gasteiger charge is -2.20. The maximum absolute atomic E-state index is 13.7. The zero-order chi connectivity index (χ0) is 13.9. The van der Waals surface area contributed by atoms with Crippen LogP contribution >= 0.6 is 0 Å². The molecule has 0 saturated carbocycles. The van der Waals surface area contributed by atoms with E-state index in [9.17, 15) is 14.3 Å². The van der Waals surface area contributed by atoms with E-state index in [1.165, 1.54) is 19.2 Å². The number of hydrogen-bond donors (Lipinski definition) is 2. The lowest BCUT2D eigenvalue weighted by atomic mass is 10.0. The van der Waals surface area contributed by atoms with Gasteiger partial charge in [0.1, 0.15) is 17.2 Å². The number of carbonyl (C=O) groups excluding carboxylic acids is 1. The molecule has 0 aromatic heterocycles. The molecule has 0 spiro atoms. The van der Waals surface area contributed by atoms with Crippen molar-refractivity contribution >= 4 is 5.91 Å². The predicted molar refractivity (Wildman–Crippen MR) is 65.7 cm³/mol. The number of carbonyl (C=O) groups is 1. The fourth-order valence-corrected chi connectivity index (χ4v) is 1.88.